The Morgan fingerprint density at radius 1 is 0.636 bits per heavy atom. The van der Waals surface area contributed by atoms with Gasteiger partial charge in [0.25, 0.3) is 0 Å². The molecule has 0 aromatic carbocycles. The van der Waals surface area contributed by atoms with E-state index in [0.29, 0.717) is 19.6 Å². The summed E-state index contributed by atoms with van der Waals surface area (Å²) in [6.07, 6.45) is 15.4. The van der Waals surface area contributed by atoms with E-state index in [1.807, 2.05) is 0 Å². The fraction of sp³-hybridized carbons (Fsp3) is 0.947. The lowest BCUT2D eigenvalue weighted by molar-refractivity contribution is -0.145. The van der Waals surface area contributed by atoms with Crippen molar-refractivity contribution in [2.24, 2.45) is 0 Å². The Bertz CT molecular complexity index is 229. The fourth-order valence-electron chi connectivity index (χ4n) is 2.42. The van der Waals surface area contributed by atoms with Crippen molar-refractivity contribution < 1.29 is 14.3 Å². The molecule has 0 aliphatic carbocycles. The van der Waals surface area contributed by atoms with Gasteiger partial charge in [-0.3, -0.25) is 4.79 Å². The molecular formula is C19H38O3. The van der Waals surface area contributed by atoms with Crippen LogP contribution in [0.25, 0.3) is 0 Å². The predicted molar refractivity (Wildman–Crippen MR) is 93.1 cm³/mol. The van der Waals surface area contributed by atoms with E-state index in [9.17, 15) is 4.79 Å². The maximum Gasteiger partial charge on any atom is 0.305 e. The molecule has 0 unspecified atom stereocenters. The molecular weight excluding hydrogens is 276 g/mol. The number of ether oxygens (including phenoxy) is 2. The van der Waals surface area contributed by atoms with Crippen molar-refractivity contribution in [2.45, 2.75) is 97.3 Å². The van der Waals surface area contributed by atoms with E-state index in [0.717, 1.165) is 25.9 Å². The Hall–Kier alpha value is -0.570. The summed E-state index contributed by atoms with van der Waals surface area (Å²) in [6, 6.07) is 0. The second-order valence-electron chi connectivity index (χ2n) is 6.12. The average molecular weight is 315 g/mol. The highest BCUT2D eigenvalue weighted by Crippen LogP contribution is 2.08. The number of carbonyl (C=O) groups is 1. The van der Waals surface area contributed by atoms with Gasteiger partial charge in [0.05, 0.1) is 6.61 Å². The van der Waals surface area contributed by atoms with Crippen molar-refractivity contribution in [2.75, 3.05) is 19.8 Å². The number of esters is 1. The summed E-state index contributed by atoms with van der Waals surface area (Å²) in [7, 11) is 0. The van der Waals surface area contributed by atoms with E-state index in [1.165, 1.54) is 57.8 Å². The Labute approximate surface area is 138 Å². The molecule has 0 saturated carbocycles. The SMILES string of the molecule is CCCCCCCCCC(=O)OCCOCCCCCCC. The quantitative estimate of drug-likeness (QED) is 0.257. The molecule has 0 aliphatic heterocycles. The molecule has 0 N–H and O–H groups in total. The van der Waals surface area contributed by atoms with E-state index in [1.54, 1.807) is 0 Å². The maximum atomic E-state index is 11.5. The van der Waals surface area contributed by atoms with Crippen molar-refractivity contribution in [3.8, 4) is 0 Å². The van der Waals surface area contributed by atoms with Crippen LogP contribution in [-0.4, -0.2) is 25.8 Å². The lowest BCUT2D eigenvalue weighted by Gasteiger charge is -2.06. The van der Waals surface area contributed by atoms with E-state index in [-0.39, 0.29) is 5.97 Å². The first-order chi connectivity index (χ1) is 10.8. The van der Waals surface area contributed by atoms with Crippen LogP contribution in [0.15, 0.2) is 0 Å². The van der Waals surface area contributed by atoms with Crippen LogP contribution in [0.5, 0.6) is 0 Å². The van der Waals surface area contributed by atoms with E-state index < -0.39 is 0 Å². The van der Waals surface area contributed by atoms with Gasteiger partial charge in [-0.05, 0) is 12.8 Å². The smallest absolute Gasteiger partial charge is 0.305 e. The summed E-state index contributed by atoms with van der Waals surface area (Å²) in [6.45, 7) is 6.18. The second-order valence-corrected chi connectivity index (χ2v) is 6.12. The molecule has 3 heteroatoms. The van der Waals surface area contributed by atoms with Crippen molar-refractivity contribution in [1.82, 2.24) is 0 Å². The van der Waals surface area contributed by atoms with Crippen LogP contribution < -0.4 is 0 Å². The van der Waals surface area contributed by atoms with Crippen molar-refractivity contribution in [3.05, 3.63) is 0 Å². The van der Waals surface area contributed by atoms with Crippen LogP contribution in [0, 0.1) is 0 Å². The summed E-state index contributed by atoms with van der Waals surface area (Å²) in [4.78, 5) is 11.5. The molecule has 0 aliphatic rings. The molecule has 0 radical (unpaired) electrons. The number of hydrogen-bond donors (Lipinski definition) is 0. The average Bonchev–Trinajstić information content (AvgIpc) is 2.52. The third-order valence-electron chi connectivity index (χ3n) is 3.87. The molecule has 0 aromatic heterocycles. The van der Waals surface area contributed by atoms with E-state index in [4.69, 9.17) is 9.47 Å². The Balaban J connectivity index is 3.13. The van der Waals surface area contributed by atoms with Crippen molar-refractivity contribution >= 4 is 5.97 Å². The highest BCUT2D eigenvalue weighted by molar-refractivity contribution is 5.69. The van der Waals surface area contributed by atoms with Crippen LogP contribution in [0.1, 0.15) is 97.3 Å². The Kier molecular flexibility index (Phi) is 18.0. The van der Waals surface area contributed by atoms with Gasteiger partial charge in [-0.2, -0.15) is 0 Å². The highest BCUT2D eigenvalue weighted by atomic mass is 16.6. The summed E-state index contributed by atoms with van der Waals surface area (Å²) in [5.41, 5.74) is 0. The lowest BCUT2D eigenvalue weighted by Crippen LogP contribution is -2.10. The topological polar surface area (TPSA) is 35.5 Å². The largest absolute Gasteiger partial charge is 0.463 e. The molecule has 3 nitrogen and oxygen atoms in total. The summed E-state index contributed by atoms with van der Waals surface area (Å²) in [5.74, 6) is -0.0693. The van der Waals surface area contributed by atoms with Crippen LogP contribution in [0.4, 0.5) is 0 Å². The minimum Gasteiger partial charge on any atom is -0.463 e. The molecule has 0 saturated heterocycles. The standard InChI is InChI=1S/C19H38O3/c1-3-5-7-9-10-11-13-15-19(20)22-18-17-21-16-14-12-8-6-4-2/h3-18H2,1-2H3. The van der Waals surface area contributed by atoms with Gasteiger partial charge in [0.2, 0.25) is 0 Å². The number of rotatable bonds is 17. The first-order valence-electron chi connectivity index (χ1n) is 9.54. The normalized spacial score (nSPS) is 10.8. The van der Waals surface area contributed by atoms with Crippen LogP contribution in [-0.2, 0) is 14.3 Å². The Morgan fingerprint density at radius 2 is 1.18 bits per heavy atom. The molecule has 0 amide bonds. The molecule has 22 heavy (non-hydrogen) atoms. The van der Waals surface area contributed by atoms with Gasteiger partial charge in [0.15, 0.2) is 0 Å². The van der Waals surface area contributed by atoms with Gasteiger partial charge in [-0.25, -0.2) is 0 Å². The summed E-state index contributed by atoms with van der Waals surface area (Å²) < 4.78 is 10.6. The number of carbonyl (C=O) groups excluding carboxylic acids is 1. The van der Waals surface area contributed by atoms with Crippen LogP contribution >= 0.6 is 0 Å². The monoisotopic (exact) mass is 314 g/mol. The molecule has 0 spiro atoms. The Morgan fingerprint density at radius 3 is 1.82 bits per heavy atom. The van der Waals surface area contributed by atoms with Crippen molar-refractivity contribution in [1.29, 1.82) is 0 Å². The fourth-order valence-corrected chi connectivity index (χ4v) is 2.42. The maximum absolute atomic E-state index is 11.5. The third kappa shape index (κ3) is 17.5. The lowest BCUT2D eigenvalue weighted by atomic mass is 10.1. The highest BCUT2D eigenvalue weighted by Gasteiger charge is 2.02. The second kappa shape index (κ2) is 18.5. The predicted octanol–water partition coefficient (Wildman–Crippen LogP) is 5.66. The third-order valence-corrected chi connectivity index (χ3v) is 3.87. The van der Waals surface area contributed by atoms with Gasteiger partial charge < -0.3 is 9.47 Å². The molecule has 0 atom stereocenters. The van der Waals surface area contributed by atoms with Crippen LogP contribution in [0.3, 0.4) is 0 Å². The molecule has 0 bridgehead atoms. The molecule has 0 rings (SSSR count). The molecule has 0 fully saturated rings. The molecule has 0 heterocycles. The summed E-state index contributed by atoms with van der Waals surface area (Å²) >= 11 is 0. The number of hydrogen-bond acceptors (Lipinski definition) is 3. The van der Waals surface area contributed by atoms with E-state index >= 15 is 0 Å². The number of unbranched alkanes of at least 4 members (excludes halogenated alkanes) is 10. The van der Waals surface area contributed by atoms with Gasteiger partial charge >= 0.3 is 5.97 Å². The van der Waals surface area contributed by atoms with E-state index in [2.05, 4.69) is 13.8 Å². The minimum atomic E-state index is -0.0693. The van der Waals surface area contributed by atoms with Crippen LogP contribution in [0.2, 0.25) is 0 Å². The minimum absolute atomic E-state index is 0.0693. The van der Waals surface area contributed by atoms with Gasteiger partial charge in [0.1, 0.15) is 6.61 Å². The first kappa shape index (κ1) is 21.4. The van der Waals surface area contributed by atoms with Crippen molar-refractivity contribution in [3.63, 3.8) is 0 Å². The first-order valence-corrected chi connectivity index (χ1v) is 9.54. The zero-order chi connectivity index (χ0) is 16.3. The zero-order valence-corrected chi connectivity index (χ0v) is 15.0. The summed E-state index contributed by atoms with van der Waals surface area (Å²) in [5, 5.41) is 0. The molecule has 0 aromatic rings. The van der Waals surface area contributed by atoms with Gasteiger partial charge in [0, 0.05) is 13.0 Å². The van der Waals surface area contributed by atoms with Gasteiger partial charge in [-0.15, -0.1) is 0 Å². The van der Waals surface area contributed by atoms with Gasteiger partial charge in [-0.1, -0.05) is 78.1 Å². The molecule has 132 valence electrons. The zero-order valence-electron chi connectivity index (χ0n) is 15.0.